The summed E-state index contributed by atoms with van der Waals surface area (Å²) in [7, 11) is 0. The number of carbonyl (C=O) groups is 1. The summed E-state index contributed by atoms with van der Waals surface area (Å²) in [6.07, 6.45) is 4.41. The Kier molecular flexibility index (Phi) is 6.76. The number of aliphatic hydroxyl groups is 1. The fraction of sp³-hybridized carbons (Fsp3) is 0.333. The number of amides is 1. The number of carbonyl (C=O) groups excluding carboxylic acids is 1. The second kappa shape index (κ2) is 9.51. The smallest absolute Gasteiger partial charge is 0.247 e. The highest BCUT2D eigenvalue weighted by Gasteiger charge is 2.26. The van der Waals surface area contributed by atoms with Crippen LogP contribution in [0.15, 0.2) is 46.9 Å². The molecular formula is C30H33FN2O3. The van der Waals surface area contributed by atoms with Crippen LogP contribution < -0.4 is 10.7 Å². The van der Waals surface area contributed by atoms with Gasteiger partial charge in [-0.1, -0.05) is 12.1 Å². The van der Waals surface area contributed by atoms with Crippen LogP contribution in [-0.4, -0.2) is 22.1 Å². The molecule has 5 nitrogen and oxygen atoms in total. The maximum absolute atomic E-state index is 14.0. The van der Waals surface area contributed by atoms with E-state index in [-0.39, 0.29) is 23.6 Å². The average molecular weight is 489 g/mol. The van der Waals surface area contributed by atoms with Crippen molar-refractivity contribution >= 4 is 12.0 Å². The Morgan fingerprint density at radius 2 is 1.78 bits per heavy atom. The third-order valence-corrected chi connectivity index (χ3v) is 6.91. The van der Waals surface area contributed by atoms with Gasteiger partial charge in [-0.15, -0.1) is 0 Å². The number of hydrogen-bond acceptors (Lipinski definition) is 3. The Hall–Kier alpha value is -3.51. The van der Waals surface area contributed by atoms with Crippen molar-refractivity contribution in [3.8, 4) is 5.69 Å². The fourth-order valence-corrected chi connectivity index (χ4v) is 4.90. The number of fused-ring (bicyclic) bond motifs is 1. The molecule has 0 bridgehead atoms. The van der Waals surface area contributed by atoms with Crippen molar-refractivity contribution in [3.05, 3.63) is 103 Å². The largest absolute Gasteiger partial charge is 0.386 e. The molecule has 0 aliphatic heterocycles. The SMILES string of the molecule is CCNC(=O)C1=Cc2c(c(=O)c(C)cn2-c2cc(C(C)(C)O)ccc2Cc2c(C)cc(F)cc2C)C1. The number of nitrogens with zero attached hydrogens (tertiary/aromatic N) is 1. The molecule has 188 valence electrons. The maximum Gasteiger partial charge on any atom is 0.247 e. The van der Waals surface area contributed by atoms with Gasteiger partial charge in [0.25, 0.3) is 0 Å². The van der Waals surface area contributed by atoms with Gasteiger partial charge in [0.05, 0.1) is 11.3 Å². The molecule has 6 heteroatoms. The van der Waals surface area contributed by atoms with Crippen molar-refractivity contribution in [2.24, 2.45) is 0 Å². The summed E-state index contributed by atoms with van der Waals surface area (Å²) in [6, 6.07) is 8.89. The lowest BCUT2D eigenvalue weighted by Gasteiger charge is -2.23. The molecule has 4 rings (SSSR count). The first-order chi connectivity index (χ1) is 16.9. The van der Waals surface area contributed by atoms with Crippen LogP contribution in [0.1, 0.15) is 65.4 Å². The molecule has 0 spiro atoms. The standard InChI is InChI=1S/C30H33FN2O3/c1-7-32-29(35)21-13-25-27(14-21)33(16-19(4)28(25)34)26-15-22(30(5,6)36)9-8-20(26)12-24-17(2)10-23(31)11-18(24)3/h8-11,14-16,36H,7,12-13H2,1-6H3,(H,32,35). The van der Waals surface area contributed by atoms with Crippen LogP contribution in [0.2, 0.25) is 0 Å². The van der Waals surface area contributed by atoms with Gasteiger partial charge in [0.1, 0.15) is 5.82 Å². The predicted molar refractivity (Wildman–Crippen MR) is 141 cm³/mol. The van der Waals surface area contributed by atoms with E-state index in [1.54, 1.807) is 33.0 Å². The normalized spacial score (nSPS) is 12.9. The lowest BCUT2D eigenvalue weighted by molar-refractivity contribution is -0.117. The van der Waals surface area contributed by atoms with Crippen molar-refractivity contribution in [2.45, 2.75) is 60.0 Å². The molecule has 36 heavy (non-hydrogen) atoms. The van der Waals surface area contributed by atoms with Crippen LogP contribution in [0.25, 0.3) is 11.8 Å². The number of likely N-dealkylation sites (N-methyl/N-ethyl adjacent to an activating group) is 1. The van der Waals surface area contributed by atoms with Crippen molar-refractivity contribution in [1.82, 2.24) is 9.88 Å². The lowest BCUT2D eigenvalue weighted by Crippen LogP contribution is -2.25. The molecule has 1 heterocycles. The van der Waals surface area contributed by atoms with Gasteiger partial charge in [0.2, 0.25) is 5.91 Å². The molecule has 1 aromatic heterocycles. The van der Waals surface area contributed by atoms with Crippen molar-refractivity contribution in [1.29, 1.82) is 0 Å². The third-order valence-electron chi connectivity index (χ3n) is 6.91. The van der Waals surface area contributed by atoms with Gasteiger partial charge >= 0.3 is 0 Å². The fourth-order valence-electron chi connectivity index (χ4n) is 4.90. The van der Waals surface area contributed by atoms with Gasteiger partial charge < -0.3 is 15.0 Å². The van der Waals surface area contributed by atoms with Gasteiger partial charge in [0, 0.05) is 48.0 Å². The number of nitrogens with one attached hydrogen (secondary N) is 1. The van der Waals surface area contributed by atoms with E-state index in [2.05, 4.69) is 5.32 Å². The number of halogens is 1. The average Bonchev–Trinajstić information content (AvgIpc) is 3.24. The summed E-state index contributed by atoms with van der Waals surface area (Å²) in [5.74, 6) is -0.441. The van der Waals surface area contributed by atoms with Crippen LogP contribution in [0.3, 0.4) is 0 Å². The molecule has 1 amide bonds. The van der Waals surface area contributed by atoms with E-state index in [4.69, 9.17) is 0 Å². The van der Waals surface area contributed by atoms with E-state index in [9.17, 15) is 19.1 Å². The van der Waals surface area contributed by atoms with E-state index in [0.29, 0.717) is 35.4 Å². The number of hydrogen-bond donors (Lipinski definition) is 2. The predicted octanol–water partition coefficient (Wildman–Crippen LogP) is 4.80. The van der Waals surface area contributed by atoms with E-state index in [0.717, 1.165) is 33.5 Å². The summed E-state index contributed by atoms with van der Waals surface area (Å²) in [6.45, 7) is 11.4. The van der Waals surface area contributed by atoms with Crippen molar-refractivity contribution < 1.29 is 14.3 Å². The highest BCUT2D eigenvalue weighted by Crippen LogP contribution is 2.32. The highest BCUT2D eigenvalue weighted by molar-refractivity contribution is 6.00. The molecule has 1 aliphatic carbocycles. The molecule has 0 atom stereocenters. The molecule has 2 aromatic carbocycles. The zero-order valence-electron chi connectivity index (χ0n) is 21.8. The lowest BCUT2D eigenvalue weighted by atomic mass is 9.91. The summed E-state index contributed by atoms with van der Waals surface area (Å²) in [4.78, 5) is 25.6. The van der Waals surface area contributed by atoms with E-state index < -0.39 is 5.60 Å². The molecule has 0 radical (unpaired) electrons. The Morgan fingerprint density at radius 3 is 2.39 bits per heavy atom. The van der Waals surface area contributed by atoms with Gasteiger partial charge in [-0.3, -0.25) is 9.59 Å². The van der Waals surface area contributed by atoms with Gasteiger partial charge in [-0.2, -0.15) is 0 Å². The van der Waals surface area contributed by atoms with E-state index in [1.807, 2.05) is 43.5 Å². The van der Waals surface area contributed by atoms with E-state index >= 15 is 0 Å². The Balaban J connectivity index is 1.96. The molecule has 2 N–H and O–H groups in total. The molecule has 0 unspecified atom stereocenters. The van der Waals surface area contributed by atoms with Crippen LogP contribution >= 0.6 is 0 Å². The molecule has 0 saturated carbocycles. The topological polar surface area (TPSA) is 71.3 Å². The summed E-state index contributed by atoms with van der Waals surface area (Å²) in [5, 5.41) is 13.6. The molecule has 1 aliphatic rings. The Bertz CT molecular complexity index is 1440. The van der Waals surface area contributed by atoms with Crippen molar-refractivity contribution in [2.75, 3.05) is 6.54 Å². The monoisotopic (exact) mass is 488 g/mol. The first kappa shape index (κ1) is 25.6. The number of aromatic nitrogens is 1. The number of pyridine rings is 1. The number of aryl methyl sites for hydroxylation is 3. The van der Waals surface area contributed by atoms with Gasteiger partial charge in [0.15, 0.2) is 5.43 Å². The molecule has 0 saturated heterocycles. The highest BCUT2D eigenvalue weighted by atomic mass is 19.1. The first-order valence-electron chi connectivity index (χ1n) is 12.3. The zero-order valence-corrected chi connectivity index (χ0v) is 21.8. The quantitative estimate of drug-likeness (QED) is 0.524. The minimum atomic E-state index is -1.08. The van der Waals surface area contributed by atoms with Crippen LogP contribution in [0.4, 0.5) is 4.39 Å². The van der Waals surface area contributed by atoms with Gasteiger partial charge in [-0.05, 0) is 93.6 Å². The second-order valence-electron chi connectivity index (χ2n) is 10.2. The van der Waals surface area contributed by atoms with Crippen LogP contribution in [0, 0.1) is 26.6 Å². The first-order valence-corrected chi connectivity index (χ1v) is 12.3. The molecular weight excluding hydrogens is 455 g/mol. The third kappa shape index (κ3) is 4.78. The van der Waals surface area contributed by atoms with E-state index in [1.165, 1.54) is 12.1 Å². The Morgan fingerprint density at radius 1 is 1.11 bits per heavy atom. The second-order valence-corrected chi connectivity index (χ2v) is 10.2. The summed E-state index contributed by atoms with van der Waals surface area (Å²) >= 11 is 0. The van der Waals surface area contributed by atoms with Crippen LogP contribution in [0.5, 0.6) is 0 Å². The zero-order chi connectivity index (χ0) is 26.4. The summed E-state index contributed by atoms with van der Waals surface area (Å²) in [5.41, 5.74) is 6.51. The maximum atomic E-state index is 14.0. The molecule has 0 fully saturated rings. The Labute approximate surface area is 211 Å². The van der Waals surface area contributed by atoms with Gasteiger partial charge in [-0.25, -0.2) is 4.39 Å². The van der Waals surface area contributed by atoms with Crippen LogP contribution in [-0.2, 0) is 23.2 Å². The number of rotatable bonds is 6. The minimum Gasteiger partial charge on any atom is -0.386 e. The minimum absolute atomic E-state index is 0.0674. The van der Waals surface area contributed by atoms with Crippen molar-refractivity contribution in [3.63, 3.8) is 0 Å². The summed E-state index contributed by atoms with van der Waals surface area (Å²) < 4.78 is 15.9. The molecule has 3 aromatic rings. The number of benzene rings is 2.